The van der Waals surface area contributed by atoms with Crippen molar-refractivity contribution in [2.24, 2.45) is 5.41 Å². The SMILES string of the molecule is CC1=C(n2ccccc2=O)c2cc(C#N)ccc2CC1(C)C. The largest absolute Gasteiger partial charge is 0.284 e. The lowest BCUT2D eigenvalue weighted by molar-refractivity contribution is 0.436. The first kappa shape index (κ1) is 14.3. The molecule has 0 amide bonds. The molecule has 0 N–H and O–H groups in total. The number of aromatic nitrogens is 1. The number of hydrogen-bond donors (Lipinski definition) is 0. The van der Waals surface area contributed by atoms with Crippen LogP contribution in [0.1, 0.15) is 37.5 Å². The van der Waals surface area contributed by atoms with Gasteiger partial charge in [0.15, 0.2) is 0 Å². The van der Waals surface area contributed by atoms with E-state index in [1.165, 1.54) is 11.1 Å². The minimum atomic E-state index is -0.0529. The second-order valence-corrected chi connectivity index (χ2v) is 6.43. The third kappa shape index (κ3) is 2.17. The van der Waals surface area contributed by atoms with Crippen LogP contribution in [-0.4, -0.2) is 4.57 Å². The molecule has 0 unspecified atom stereocenters. The van der Waals surface area contributed by atoms with E-state index in [9.17, 15) is 10.1 Å². The minimum absolute atomic E-state index is 0.0220. The summed E-state index contributed by atoms with van der Waals surface area (Å²) in [4.78, 5) is 12.3. The van der Waals surface area contributed by atoms with Crippen LogP contribution in [0.5, 0.6) is 0 Å². The molecule has 0 radical (unpaired) electrons. The molecule has 3 rings (SSSR count). The van der Waals surface area contributed by atoms with Crippen molar-refractivity contribution < 1.29 is 0 Å². The molecule has 1 heterocycles. The highest BCUT2D eigenvalue weighted by atomic mass is 16.1. The molecule has 3 nitrogen and oxygen atoms in total. The van der Waals surface area contributed by atoms with E-state index in [2.05, 4.69) is 26.8 Å². The predicted molar refractivity (Wildman–Crippen MR) is 87.3 cm³/mol. The zero-order valence-electron chi connectivity index (χ0n) is 13.1. The molecule has 0 fully saturated rings. The fraction of sp³-hybridized carbons (Fsp3) is 0.263. The van der Waals surface area contributed by atoms with Crippen LogP contribution in [0.2, 0.25) is 0 Å². The number of pyridine rings is 1. The first-order valence-electron chi connectivity index (χ1n) is 7.37. The molecule has 0 aliphatic heterocycles. The summed E-state index contributed by atoms with van der Waals surface area (Å²) < 4.78 is 1.69. The molecule has 1 aliphatic rings. The fourth-order valence-corrected chi connectivity index (χ4v) is 3.07. The zero-order valence-corrected chi connectivity index (χ0v) is 13.1. The summed E-state index contributed by atoms with van der Waals surface area (Å²) in [6.07, 6.45) is 2.70. The van der Waals surface area contributed by atoms with Gasteiger partial charge in [0, 0.05) is 17.8 Å². The molecule has 3 heteroatoms. The van der Waals surface area contributed by atoms with Crippen molar-refractivity contribution in [2.75, 3.05) is 0 Å². The van der Waals surface area contributed by atoms with Crippen LogP contribution in [0.3, 0.4) is 0 Å². The van der Waals surface area contributed by atoms with Crippen molar-refractivity contribution >= 4 is 5.70 Å². The number of hydrogen-bond acceptors (Lipinski definition) is 2. The van der Waals surface area contributed by atoms with Gasteiger partial charge in [-0.15, -0.1) is 0 Å². The quantitative estimate of drug-likeness (QED) is 0.806. The summed E-state index contributed by atoms with van der Waals surface area (Å²) in [5.74, 6) is 0. The Labute approximate surface area is 130 Å². The van der Waals surface area contributed by atoms with E-state index >= 15 is 0 Å². The Bertz CT molecular complexity index is 879. The van der Waals surface area contributed by atoms with Gasteiger partial charge in [-0.3, -0.25) is 9.36 Å². The van der Waals surface area contributed by atoms with Crippen molar-refractivity contribution in [3.8, 4) is 6.07 Å². The lowest BCUT2D eigenvalue weighted by atomic mass is 9.72. The highest BCUT2D eigenvalue weighted by Crippen LogP contribution is 2.42. The predicted octanol–water partition coefficient (Wildman–Crippen LogP) is 3.58. The van der Waals surface area contributed by atoms with Gasteiger partial charge in [-0.25, -0.2) is 0 Å². The van der Waals surface area contributed by atoms with Gasteiger partial charge in [0.25, 0.3) is 5.56 Å². The van der Waals surface area contributed by atoms with E-state index in [-0.39, 0.29) is 11.0 Å². The van der Waals surface area contributed by atoms with Crippen molar-refractivity contribution in [1.29, 1.82) is 5.26 Å². The van der Waals surface area contributed by atoms with Gasteiger partial charge in [-0.05, 0) is 48.1 Å². The number of allylic oxidation sites excluding steroid dienone is 1. The molecule has 1 aromatic carbocycles. The zero-order chi connectivity index (χ0) is 15.9. The van der Waals surface area contributed by atoms with E-state index in [1.54, 1.807) is 22.9 Å². The molecule has 0 bridgehead atoms. The number of benzene rings is 1. The molecule has 0 spiro atoms. The summed E-state index contributed by atoms with van der Waals surface area (Å²) in [6.45, 7) is 6.46. The fourth-order valence-electron chi connectivity index (χ4n) is 3.07. The van der Waals surface area contributed by atoms with Crippen LogP contribution in [0.25, 0.3) is 5.70 Å². The summed E-state index contributed by atoms with van der Waals surface area (Å²) in [7, 11) is 0. The second kappa shape index (κ2) is 4.99. The molecule has 0 saturated heterocycles. The van der Waals surface area contributed by atoms with Crippen molar-refractivity contribution in [1.82, 2.24) is 4.57 Å². The van der Waals surface area contributed by atoms with Gasteiger partial charge in [-0.1, -0.05) is 26.0 Å². The average molecular weight is 290 g/mol. The maximum Gasteiger partial charge on any atom is 0.255 e. The van der Waals surface area contributed by atoms with Crippen LogP contribution >= 0.6 is 0 Å². The van der Waals surface area contributed by atoms with Crippen LogP contribution in [0.15, 0.2) is 53.0 Å². The van der Waals surface area contributed by atoms with E-state index in [1.807, 2.05) is 24.3 Å². The van der Waals surface area contributed by atoms with Gasteiger partial charge in [0.1, 0.15) is 0 Å². The third-order valence-electron chi connectivity index (χ3n) is 4.56. The molecule has 110 valence electrons. The molecular formula is C19H18N2O. The maximum atomic E-state index is 12.3. The molecular weight excluding hydrogens is 272 g/mol. The van der Waals surface area contributed by atoms with Crippen LogP contribution in [0, 0.1) is 16.7 Å². The van der Waals surface area contributed by atoms with E-state index in [4.69, 9.17) is 0 Å². The first-order chi connectivity index (χ1) is 10.4. The van der Waals surface area contributed by atoms with Gasteiger partial charge in [0.2, 0.25) is 0 Å². The van der Waals surface area contributed by atoms with Crippen molar-refractivity contribution in [2.45, 2.75) is 27.2 Å². The van der Waals surface area contributed by atoms with Crippen LogP contribution in [0.4, 0.5) is 0 Å². The summed E-state index contributed by atoms with van der Waals surface area (Å²) in [5, 5.41) is 9.18. The normalized spacial score (nSPS) is 16.1. The second-order valence-electron chi connectivity index (χ2n) is 6.43. The summed E-state index contributed by atoms with van der Waals surface area (Å²) >= 11 is 0. The standard InChI is InChI=1S/C19H18N2O/c1-13-18(21-9-5-4-6-17(21)22)16-10-14(12-20)7-8-15(16)11-19(13,2)3/h4-10H,11H2,1-3H3. The molecule has 0 saturated carbocycles. The van der Waals surface area contributed by atoms with Gasteiger partial charge < -0.3 is 0 Å². The Kier molecular flexibility index (Phi) is 3.26. The van der Waals surface area contributed by atoms with Crippen LogP contribution in [-0.2, 0) is 6.42 Å². The number of nitriles is 1. The smallest absolute Gasteiger partial charge is 0.255 e. The lowest BCUT2D eigenvalue weighted by Gasteiger charge is -2.35. The summed E-state index contributed by atoms with van der Waals surface area (Å²) in [5.41, 5.74) is 4.80. The van der Waals surface area contributed by atoms with E-state index in [0.29, 0.717) is 5.56 Å². The first-order valence-corrected chi connectivity index (χ1v) is 7.37. The van der Waals surface area contributed by atoms with E-state index < -0.39 is 0 Å². The number of rotatable bonds is 1. The van der Waals surface area contributed by atoms with Gasteiger partial charge in [-0.2, -0.15) is 5.26 Å². The molecule has 1 aromatic heterocycles. The monoisotopic (exact) mass is 290 g/mol. The lowest BCUT2D eigenvalue weighted by Crippen LogP contribution is -2.29. The van der Waals surface area contributed by atoms with Crippen LogP contribution < -0.4 is 5.56 Å². The van der Waals surface area contributed by atoms with Crippen molar-refractivity contribution in [3.05, 3.63) is 75.2 Å². The molecule has 1 aliphatic carbocycles. The highest BCUT2D eigenvalue weighted by molar-refractivity contribution is 5.75. The van der Waals surface area contributed by atoms with Gasteiger partial charge in [0.05, 0.1) is 17.3 Å². The Hall–Kier alpha value is -2.60. The minimum Gasteiger partial charge on any atom is -0.284 e. The highest BCUT2D eigenvalue weighted by Gasteiger charge is 2.31. The number of nitrogens with zero attached hydrogens (tertiary/aromatic N) is 2. The Morgan fingerprint density at radius 1 is 1.23 bits per heavy atom. The Balaban J connectivity index is 2.37. The molecule has 0 atom stereocenters. The third-order valence-corrected chi connectivity index (χ3v) is 4.56. The molecule has 22 heavy (non-hydrogen) atoms. The van der Waals surface area contributed by atoms with Gasteiger partial charge >= 0.3 is 0 Å². The Morgan fingerprint density at radius 3 is 2.68 bits per heavy atom. The molecule has 2 aromatic rings. The maximum absolute atomic E-state index is 12.3. The Morgan fingerprint density at radius 2 is 2.00 bits per heavy atom. The average Bonchev–Trinajstić information content (AvgIpc) is 2.49. The van der Waals surface area contributed by atoms with E-state index in [0.717, 1.165) is 17.7 Å². The summed E-state index contributed by atoms with van der Waals surface area (Å²) in [6, 6.07) is 13.1. The topological polar surface area (TPSA) is 45.8 Å². The van der Waals surface area contributed by atoms with Crippen molar-refractivity contribution in [3.63, 3.8) is 0 Å². The number of fused-ring (bicyclic) bond motifs is 1.